The number of nitro benzene ring substituents is 1. The lowest BCUT2D eigenvalue weighted by Crippen LogP contribution is -2.10. The lowest BCUT2D eigenvalue weighted by molar-refractivity contribution is -0.384. The largest absolute Gasteiger partial charge is 0.378 e. The molecule has 0 saturated carbocycles. The summed E-state index contributed by atoms with van der Waals surface area (Å²) >= 11 is 0. The summed E-state index contributed by atoms with van der Waals surface area (Å²) in [6, 6.07) is 12.9. The third-order valence-corrected chi connectivity index (χ3v) is 2.94. The maximum atomic E-state index is 12.4. The van der Waals surface area contributed by atoms with Crippen molar-refractivity contribution in [2.45, 2.75) is 0 Å². The zero-order chi connectivity index (χ0) is 14.7. The molecule has 0 fully saturated rings. The lowest BCUT2D eigenvalue weighted by atomic mass is 10.0. The van der Waals surface area contributed by atoms with Gasteiger partial charge in [-0.15, -0.1) is 0 Å². The van der Waals surface area contributed by atoms with Crippen LogP contribution < -0.4 is 4.90 Å². The maximum Gasteiger partial charge on any atom is 0.270 e. The van der Waals surface area contributed by atoms with Crippen molar-refractivity contribution >= 4 is 17.2 Å². The Bertz CT molecular complexity index is 666. The highest BCUT2D eigenvalue weighted by Gasteiger charge is 2.13. The Morgan fingerprint density at radius 3 is 2.25 bits per heavy atom. The van der Waals surface area contributed by atoms with Crippen LogP contribution in [0.4, 0.5) is 11.4 Å². The van der Waals surface area contributed by atoms with Crippen molar-refractivity contribution in [3.63, 3.8) is 0 Å². The monoisotopic (exact) mass is 270 g/mol. The van der Waals surface area contributed by atoms with Crippen molar-refractivity contribution in [3.05, 3.63) is 69.8 Å². The highest BCUT2D eigenvalue weighted by molar-refractivity contribution is 6.09. The second-order valence-corrected chi connectivity index (χ2v) is 4.58. The molecule has 0 amide bonds. The van der Waals surface area contributed by atoms with Gasteiger partial charge in [-0.25, -0.2) is 0 Å². The number of rotatable bonds is 4. The van der Waals surface area contributed by atoms with Gasteiger partial charge in [0.2, 0.25) is 0 Å². The molecular weight excluding hydrogens is 256 g/mol. The van der Waals surface area contributed by atoms with Gasteiger partial charge < -0.3 is 4.90 Å². The first-order valence-corrected chi connectivity index (χ1v) is 6.05. The number of ketones is 1. The van der Waals surface area contributed by atoms with Crippen LogP contribution in [-0.2, 0) is 0 Å². The van der Waals surface area contributed by atoms with E-state index in [0.717, 1.165) is 5.69 Å². The SMILES string of the molecule is CN(C)c1cccc(C(=O)c2cccc([N+](=O)[O-])c2)c1. The second kappa shape index (κ2) is 5.52. The molecule has 5 heteroatoms. The molecule has 2 aromatic rings. The zero-order valence-corrected chi connectivity index (χ0v) is 11.2. The van der Waals surface area contributed by atoms with Crippen LogP contribution in [0.15, 0.2) is 48.5 Å². The minimum absolute atomic E-state index is 0.0837. The van der Waals surface area contributed by atoms with Crippen LogP contribution in [0.2, 0.25) is 0 Å². The third kappa shape index (κ3) is 2.83. The number of hydrogen-bond acceptors (Lipinski definition) is 4. The topological polar surface area (TPSA) is 63.5 Å². The fraction of sp³-hybridized carbons (Fsp3) is 0.133. The fourth-order valence-corrected chi connectivity index (χ4v) is 1.85. The van der Waals surface area contributed by atoms with Crippen molar-refractivity contribution in [1.82, 2.24) is 0 Å². The first kappa shape index (κ1) is 13.7. The van der Waals surface area contributed by atoms with E-state index < -0.39 is 4.92 Å². The third-order valence-electron chi connectivity index (χ3n) is 2.94. The summed E-state index contributed by atoms with van der Waals surface area (Å²) in [6.07, 6.45) is 0. The number of nitro groups is 1. The molecule has 2 rings (SSSR count). The zero-order valence-electron chi connectivity index (χ0n) is 11.2. The van der Waals surface area contributed by atoms with E-state index in [-0.39, 0.29) is 11.5 Å². The van der Waals surface area contributed by atoms with Crippen molar-refractivity contribution in [3.8, 4) is 0 Å². The van der Waals surface area contributed by atoms with Crippen LogP contribution in [0.5, 0.6) is 0 Å². The predicted molar refractivity (Wildman–Crippen MR) is 77.3 cm³/mol. The van der Waals surface area contributed by atoms with Gasteiger partial charge in [-0.3, -0.25) is 14.9 Å². The Labute approximate surface area is 116 Å². The Morgan fingerprint density at radius 2 is 1.65 bits per heavy atom. The van der Waals surface area contributed by atoms with Gasteiger partial charge in [0, 0.05) is 43.0 Å². The molecule has 0 spiro atoms. The number of non-ortho nitro benzene ring substituents is 1. The Balaban J connectivity index is 2.38. The molecule has 0 radical (unpaired) electrons. The quantitative estimate of drug-likeness (QED) is 0.487. The number of benzene rings is 2. The molecule has 102 valence electrons. The van der Waals surface area contributed by atoms with Gasteiger partial charge in [0.1, 0.15) is 0 Å². The molecule has 0 aromatic heterocycles. The number of carbonyl (C=O) groups is 1. The van der Waals surface area contributed by atoms with Crippen molar-refractivity contribution in [2.24, 2.45) is 0 Å². The molecule has 0 saturated heterocycles. The van der Waals surface area contributed by atoms with Gasteiger partial charge in [0.15, 0.2) is 5.78 Å². The first-order valence-electron chi connectivity index (χ1n) is 6.05. The summed E-state index contributed by atoms with van der Waals surface area (Å²) in [7, 11) is 3.77. The summed E-state index contributed by atoms with van der Waals surface area (Å²) in [6.45, 7) is 0. The fourth-order valence-electron chi connectivity index (χ4n) is 1.85. The molecule has 0 aliphatic carbocycles. The van der Waals surface area contributed by atoms with Gasteiger partial charge >= 0.3 is 0 Å². The average molecular weight is 270 g/mol. The summed E-state index contributed by atoms with van der Waals surface area (Å²) < 4.78 is 0. The van der Waals surface area contributed by atoms with E-state index in [0.29, 0.717) is 11.1 Å². The summed E-state index contributed by atoms with van der Waals surface area (Å²) in [5, 5.41) is 10.7. The van der Waals surface area contributed by atoms with Gasteiger partial charge in [-0.05, 0) is 12.1 Å². The van der Waals surface area contributed by atoms with Crippen LogP contribution in [0, 0.1) is 10.1 Å². The Hall–Kier alpha value is -2.69. The predicted octanol–water partition coefficient (Wildman–Crippen LogP) is 2.89. The molecule has 0 N–H and O–H groups in total. The molecule has 0 aliphatic rings. The van der Waals surface area contributed by atoms with Gasteiger partial charge in [0.25, 0.3) is 5.69 Å². The lowest BCUT2D eigenvalue weighted by Gasteiger charge is -2.13. The van der Waals surface area contributed by atoms with Crippen LogP contribution in [0.1, 0.15) is 15.9 Å². The first-order chi connectivity index (χ1) is 9.49. The van der Waals surface area contributed by atoms with E-state index in [1.54, 1.807) is 24.3 Å². The van der Waals surface area contributed by atoms with Gasteiger partial charge in [-0.2, -0.15) is 0 Å². The molecule has 0 bridgehead atoms. The minimum atomic E-state index is -0.507. The van der Waals surface area contributed by atoms with Crippen LogP contribution in [0.25, 0.3) is 0 Å². The number of anilines is 1. The van der Waals surface area contributed by atoms with Crippen LogP contribution in [0.3, 0.4) is 0 Å². The number of carbonyl (C=O) groups excluding carboxylic acids is 1. The van der Waals surface area contributed by atoms with E-state index in [9.17, 15) is 14.9 Å². The normalized spacial score (nSPS) is 10.1. The van der Waals surface area contributed by atoms with E-state index in [2.05, 4.69) is 0 Å². The van der Waals surface area contributed by atoms with Gasteiger partial charge in [-0.1, -0.05) is 24.3 Å². The number of nitrogens with zero attached hydrogens (tertiary/aromatic N) is 2. The summed E-state index contributed by atoms with van der Waals surface area (Å²) in [5.41, 5.74) is 1.65. The second-order valence-electron chi connectivity index (χ2n) is 4.58. The van der Waals surface area contributed by atoms with Crippen molar-refractivity contribution < 1.29 is 9.72 Å². The van der Waals surface area contributed by atoms with E-state index in [1.165, 1.54) is 18.2 Å². The molecule has 0 unspecified atom stereocenters. The molecule has 0 heterocycles. The van der Waals surface area contributed by atoms with Crippen molar-refractivity contribution in [1.29, 1.82) is 0 Å². The van der Waals surface area contributed by atoms with Crippen molar-refractivity contribution in [2.75, 3.05) is 19.0 Å². The van der Waals surface area contributed by atoms with E-state index in [4.69, 9.17) is 0 Å². The molecule has 0 atom stereocenters. The molecule has 2 aromatic carbocycles. The smallest absolute Gasteiger partial charge is 0.270 e. The molecule has 0 aliphatic heterocycles. The highest BCUT2D eigenvalue weighted by Crippen LogP contribution is 2.19. The highest BCUT2D eigenvalue weighted by atomic mass is 16.6. The van der Waals surface area contributed by atoms with Crippen LogP contribution in [-0.4, -0.2) is 24.8 Å². The summed E-state index contributed by atoms with van der Waals surface area (Å²) in [5.74, 6) is -0.225. The standard InChI is InChI=1S/C15H14N2O3/c1-16(2)13-7-3-5-11(9-13)15(18)12-6-4-8-14(10-12)17(19)20/h3-10H,1-2H3. The minimum Gasteiger partial charge on any atom is -0.378 e. The Morgan fingerprint density at radius 1 is 1.05 bits per heavy atom. The molecule has 20 heavy (non-hydrogen) atoms. The maximum absolute atomic E-state index is 12.4. The molecular formula is C15H14N2O3. The average Bonchev–Trinajstić information content (AvgIpc) is 2.46. The van der Waals surface area contributed by atoms with E-state index >= 15 is 0 Å². The Kier molecular flexibility index (Phi) is 3.79. The van der Waals surface area contributed by atoms with Crippen LogP contribution >= 0.6 is 0 Å². The number of hydrogen-bond donors (Lipinski definition) is 0. The van der Waals surface area contributed by atoms with E-state index in [1.807, 2.05) is 25.1 Å². The summed E-state index contributed by atoms with van der Waals surface area (Å²) in [4.78, 5) is 24.5. The molecule has 5 nitrogen and oxygen atoms in total. The van der Waals surface area contributed by atoms with Gasteiger partial charge in [0.05, 0.1) is 4.92 Å².